The monoisotopic (exact) mass is 240 g/mol. The summed E-state index contributed by atoms with van der Waals surface area (Å²) in [6.45, 7) is 2.23. The SMILES string of the molecule is CC1Cc2sc(N)c(C#N)c2-c2ccccc21. The highest BCUT2D eigenvalue weighted by Crippen LogP contribution is 2.46. The molecule has 0 bridgehead atoms. The van der Waals surface area contributed by atoms with Gasteiger partial charge in [-0.2, -0.15) is 5.26 Å². The molecule has 0 spiro atoms. The fourth-order valence-corrected chi connectivity index (χ4v) is 3.74. The predicted molar refractivity (Wildman–Crippen MR) is 71.0 cm³/mol. The second-order valence-electron chi connectivity index (χ2n) is 4.44. The molecule has 1 aromatic carbocycles. The van der Waals surface area contributed by atoms with Crippen molar-refractivity contribution in [3.63, 3.8) is 0 Å². The van der Waals surface area contributed by atoms with E-state index < -0.39 is 0 Å². The maximum Gasteiger partial charge on any atom is 0.105 e. The van der Waals surface area contributed by atoms with E-state index in [0.29, 0.717) is 16.5 Å². The normalized spacial score (nSPS) is 17.1. The zero-order valence-corrected chi connectivity index (χ0v) is 10.3. The molecule has 1 aromatic heterocycles. The van der Waals surface area contributed by atoms with Gasteiger partial charge in [0.15, 0.2) is 0 Å². The van der Waals surface area contributed by atoms with Crippen molar-refractivity contribution in [1.82, 2.24) is 0 Å². The van der Waals surface area contributed by atoms with Crippen molar-refractivity contribution in [2.45, 2.75) is 19.3 Å². The van der Waals surface area contributed by atoms with E-state index in [1.165, 1.54) is 16.0 Å². The highest BCUT2D eigenvalue weighted by atomic mass is 32.1. The molecular formula is C14H12N2S. The van der Waals surface area contributed by atoms with Gasteiger partial charge in [0, 0.05) is 10.4 Å². The van der Waals surface area contributed by atoms with Crippen LogP contribution in [-0.4, -0.2) is 0 Å². The van der Waals surface area contributed by atoms with Crippen LogP contribution in [0.4, 0.5) is 5.00 Å². The summed E-state index contributed by atoms with van der Waals surface area (Å²) >= 11 is 1.56. The van der Waals surface area contributed by atoms with Crippen molar-refractivity contribution in [2.24, 2.45) is 0 Å². The third kappa shape index (κ3) is 1.38. The van der Waals surface area contributed by atoms with Crippen LogP contribution in [-0.2, 0) is 6.42 Å². The minimum absolute atomic E-state index is 0.503. The molecule has 0 fully saturated rings. The van der Waals surface area contributed by atoms with Crippen molar-refractivity contribution < 1.29 is 0 Å². The first kappa shape index (κ1) is 10.4. The molecule has 0 radical (unpaired) electrons. The minimum atomic E-state index is 0.503. The summed E-state index contributed by atoms with van der Waals surface area (Å²) in [5.41, 5.74) is 10.2. The van der Waals surface area contributed by atoms with Gasteiger partial charge in [-0.15, -0.1) is 11.3 Å². The van der Waals surface area contributed by atoms with E-state index in [-0.39, 0.29) is 0 Å². The second-order valence-corrected chi connectivity index (χ2v) is 5.58. The van der Waals surface area contributed by atoms with Gasteiger partial charge in [0.25, 0.3) is 0 Å². The number of fused-ring (bicyclic) bond motifs is 3. The van der Waals surface area contributed by atoms with E-state index in [9.17, 15) is 5.26 Å². The summed E-state index contributed by atoms with van der Waals surface area (Å²) < 4.78 is 0. The Hall–Kier alpha value is -1.79. The van der Waals surface area contributed by atoms with Crippen LogP contribution < -0.4 is 5.73 Å². The van der Waals surface area contributed by atoms with Crippen LogP contribution in [0.1, 0.15) is 28.8 Å². The molecule has 0 saturated heterocycles. The Kier molecular flexibility index (Phi) is 2.20. The Balaban J connectivity index is 2.36. The topological polar surface area (TPSA) is 49.8 Å². The van der Waals surface area contributed by atoms with Gasteiger partial charge in [0.2, 0.25) is 0 Å². The number of nitrogens with two attached hydrogens (primary N) is 1. The first-order chi connectivity index (χ1) is 8.22. The smallest absolute Gasteiger partial charge is 0.105 e. The third-order valence-corrected chi connectivity index (χ3v) is 4.41. The van der Waals surface area contributed by atoms with E-state index in [0.717, 1.165) is 12.0 Å². The van der Waals surface area contributed by atoms with Gasteiger partial charge in [-0.3, -0.25) is 0 Å². The summed E-state index contributed by atoms with van der Waals surface area (Å²) in [4.78, 5) is 1.25. The lowest BCUT2D eigenvalue weighted by Crippen LogP contribution is -2.06. The number of hydrogen-bond acceptors (Lipinski definition) is 3. The van der Waals surface area contributed by atoms with Gasteiger partial charge in [0.05, 0.1) is 5.56 Å². The van der Waals surface area contributed by atoms with Crippen LogP contribution in [0.2, 0.25) is 0 Å². The van der Waals surface area contributed by atoms with Crippen molar-refractivity contribution >= 4 is 16.3 Å². The summed E-state index contributed by atoms with van der Waals surface area (Å²) in [7, 11) is 0. The summed E-state index contributed by atoms with van der Waals surface area (Å²) in [6.07, 6.45) is 0.989. The molecule has 0 amide bonds. The van der Waals surface area contributed by atoms with Gasteiger partial charge < -0.3 is 5.73 Å². The lowest BCUT2D eigenvalue weighted by Gasteiger charge is -2.22. The lowest BCUT2D eigenvalue weighted by atomic mass is 9.82. The quantitative estimate of drug-likeness (QED) is 0.765. The highest BCUT2D eigenvalue weighted by molar-refractivity contribution is 7.16. The number of rotatable bonds is 0. The van der Waals surface area contributed by atoms with E-state index >= 15 is 0 Å². The van der Waals surface area contributed by atoms with Crippen LogP contribution >= 0.6 is 11.3 Å². The minimum Gasteiger partial charge on any atom is -0.389 e. The molecule has 1 heterocycles. The fraction of sp³-hybridized carbons (Fsp3) is 0.214. The molecule has 0 aliphatic heterocycles. The van der Waals surface area contributed by atoms with Crippen molar-refractivity contribution in [2.75, 3.05) is 5.73 Å². The Morgan fingerprint density at radius 3 is 2.94 bits per heavy atom. The molecule has 3 rings (SSSR count). The van der Waals surface area contributed by atoms with Gasteiger partial charge in [0.1, 0.15) is 11.1 Å². The number of thiophene rings is 1. The Labute approximate surface area is 104 Å². The van der Waals surface area contributed by atoms with Crippen LogP contribution in [0, 0.1) is 11.3 Å². The van der Waals surface area contributed by atoms with Gasteiger partial charge in [-0.1, -0.05) is 31.2 Å². The Morgan fingerprint density at radius 2 is 2.18 bits per heavy atom. The van der Waals surface area contributed by atoms with E-state index in [2.05, 4.69) is 31.2 Å². The highest BCUT2D eigenvalue weighted by Gasteiger charge is 2.27. The van der Waals surface area contributed by atoms with Gasteiger partial charge in [-0.25, -0.2) is 0 Å². The van der Waals surface area contributed by atoms with E-state index in [4.69, 9.17) is 5.73 Å². The molecule has 0 saturated carbocycles. The first-order valence-corrected chi connectivity index (χ1v) is 6.44. The third-order valence-electron chi connectivity index (χ3n) is 3.37. The molecule has 17 heavy (non-hydrogen) atoms. The maximum atomic E-state index is 9.23. The lowest BCUT2D eigenvalue weighted by molar-refractivity contribution is 0.759. The molecule has 2 aromatic rings. The molecule has 2 N–H and O–H groups in total. The molecule has 1 unspecified atom stereocenters. The number of benzene rings is 1. The summed E-state index contributed by atoms with van der Waals surface area (Å²) in [5.74, 6) is 0.503. The van der Waals surface area contributed by atoms with E-state index in [1.54, 1.807) is 11.3 Å². The van der Waals surface area contributed by atoms with Gasteiger partial charge >= 0.3 is 0 Å². The largest absolute Gasteiger partial charge is 0.389 e. The average Bonchev–Trinajstić information content (AvgIpc) is 2.65. The Morgan fingerprint density at radius 1 is 1.41 bits per heavy atom. The summed E-state index contributed by atoms with van der Waals surface area (Å²) in [6, 6.07) is 10.6. The van der Waals surface area contributed by atoms with Crippen LogP contribution in [0.25, 0.3) is 11.1 Å². The molecule has 84 valence electrons. The summed E-state index contributed by atoms with van der Waals surface area (Å²) in [5, 5.41) is 9.89. The van der Waals surface area contributed by atoms with Crippen LogP contribution in [0.15, 0.2) is 24.3 Å². The van der Waals surface area contributed by atoms with Crippen molar-refractivity contribution in [3.05, 3.63) is 40.3 Å². The average molecular weight is 240 g/mol. The predicted octanol–water partition coefficient (Wildman–Crippen LogP) is 3.53. The number of anilines is 1. The molecule has 1 aliphatic rings. The number of nitrogen functional groups attached to an aromatic ring is 1. The van der Waals surface area contributed by atoms with Crippen LogP contribution in [0.5, 0.6) is 0 Å². The first-order valence-electron chi connectivity index (χ1n) is 5.63. The molecule has 3 heteroatoms. The zero-order valence-electron chi connectivity index (χ0n) is 9.53. The number of nitrogens with zero attached hydrogens (tertiary/aromatic N) is 1. The standard InChI is InChI=1S/C14H12N2S/c1-8-6-12-13(11(7-15)14(16)17-12)10-5-3-2-4-9(8)10/h2-5,8H,6,16H2,1H3. The Bertz CT molecular complexity index is 634. The molecule has 1 atom stereocenters. The van der Waals surface area contributed by atoms with Crippen molar-refractivity contribution in [3.8, 4) is 17.2 Å². The molecule has 1 aliphatic carbocycles. The number of hydrogen-bond donors (Lipinski definition) is 1. The molecule has 2 nitrogen and oxygen atoms in total. The second kappa shape index (κ2) is 3.61. The fourth-order valence-electron chi connectivity index (χ4n) is 2.58. The zero-order chi connectivity index (χ0) is 12.0. The van der Waals surface area contributed by atoms with Crippen molar-refractivity contribution in [1.29, 1.82) is 5.26 Å². The molecular weight excluding hydrogens is 228 g/mol. The maximum absolute atomic E-state index is 9.23. The van der Waals surface area contributed by atoms with E-state index in [1.807, 2.05) is 6.07 Å². The van der Waals surface area contributed by atoms with Crippen LogP contribution in [0.3, 0.4) is 0 Å². The number of nitriles is 1. The van der Waals surface area contributed by atoms with Gasteiger partial charge in [-0.05, 0) is 23.5 Å².